The van der Waals surface area contributed by atoms with E-state index in [0.29, 0.717) is 13.1 Å². The third-order valence-corrected chi connectivity index (χ3v) is 1.12. The van der Waals surface area contributed by atoms with Gasteiger partial charge in [-0.2, -0.15) is 0 Å². The number of carbonyl (C=O) groups is 5. The van der Waals surface area contributed by atoms with E-state index in [2.05, 4.69) is 10.6 Å². The molecule has 0 amide bonds. The second-order valence-corrected chi connectivity index (χ2v) is 4.54. The Kier molecular flexibility index (Phi) is 69.5. The van der Waals surface area contributed by atoms with Crippen molar-refractivity contribution in [1.82, 2.24) is 10.6 Å². The van der Waals surface area contributed by atoms with Gasteiger partial charge in [0.2, 0.25) is 0 Å². The second kappa shape index (κ2) is 46.1. The van der Waals surface area contributed by atoms with Crippen molar-refractivity contribution >= 4 is 29.8 Å². The number of carbonyl (C=O) groups excluding carboxylic acids is 5. The molecule has 0 heterocycles. The zero-order valence-electron chi connectivity index (χ0n) is 18.3. The van der Waals surface area contributed by atoms with Crippen LogP contribution in [0.4, 0.5) is 0 Å². The Hall–Kier alpha value is -2.29. The Labute approximate surface area is 192 Å². The minimum Gasteiger partial charge on any atom is -0.550 e. The van der Waals surface area contributed by atoms with Crippen LogP contribution in [0.3, 0.4) is 0 Å². The normalized spacial score (nSPS) is 7.32. The number of nitrogens with one attached hydrogen (secondary N) is 2. The van der Waals surface area contributed by atoms with Crippen LogP contribution in [0.25, 0.3) is 0 Å². The van der Waals surface area contributed by atoms with Crippen LogP contribution >= 0.6 is 0 Å². The van der Waals surface area contributed by atoms with Gasteiger partial charge in [-0.05, 0) is 34.6 Å². The number of nitrogens with two attached hydrogens (primary N) is 2. The number of carboxylic acid groups (broad SMARTS) is 5. The maximum atomic E-state index is 8.89. The zero-order chi connectivity index (χ0) is 25.5. The number of aliphatic carboxylic acids is 5. The van der Waals surface area contributed by atoms with Gasteiger partial charge in [-0.1, -0.05) is 0 Å². The minimum absolute atomic E-state index is 0. The van der Waals surface area contributed by atoms with Crippen molar-refractivity contribution in [3.05, 3.63) is 0 Å². The first-order chi connectivity index (χ1) is 13.6. The third kappa shape index (κ3) is 826. The van der Waals surface area contributed by atoms with E-state index in [1.54, 1.807) is 0 Å². The molecule has 31 heavy (non-hydrogen) atoms. The average Bonchev–Trinajstić information content (AvgIpc) is 2.48. The molecule has 0 aliphatic heterocycles. The predicted octanol–water partition coefficient (Wildman–Crippen LogP) is -8.14. The summed E-state index contributed by atoms with van der Waals surface area (Å²) in [6.45, 7) is 10.00. The Bertz CT molecular complexity index is 330. The molecule has 0 fully saturated rings. The van der Waals surface area contributed by atoms with Gasteiger partial charge in [0.15, 0.2) is 0 Å². The largest absolute Gasteiger partial charge is 5.00 e. The molecule has 0 bridgehead atoms. The van der Waals surface area contributed by atoms with Crippen molar-refractivity contribution in [1.29, 1.82) is 0 Å². The van der Waals surface area contributed by atoms with Crippen LogP contribution in [0.15, 0.2) is 0 Å². The molecule has 6 N–H and O–H groups in total. The van der Waals surface area contributed by atoms with Crippen molar-refractivity contribution in [3.63, 3.8) is 0 Å². The molecule has 0 rings (SSSR count). The summed E-state index contributed by atoms with van der Waals surface area (Å²) in [6, 6.07) is 0. The molecule has 14 nitrogen and oxygen atoms in total. The summed E-state index contributed by atoms with van der Waals surface area (Å²) in [5.74, 6) is -5.42. The summed E-state index contributed by atoms with van der Waals surface area (Å²) < 4.78 is 0. The van der Waals surface area contributed by atoms with Crippen LogP contribution in [0.1, 0.15) is 34.6 Å². The van der Waals surface area contributed by atoms with E-state index in [4.69, 9.17) is 61.0 Å². The summed E-state index contributed by atoms with van der Waals surface area (Å²) in [6.07, 6.45) is 0. The van der Waals surface area contributed by atoms with Crippen molar-refractivity contribution in [2.45, 2.75) is 34.6 Å². The molecular formula is C16H33FeN4O10. The molecule has 15 heteroatoms. The van der Waals surface area contributed by atoms with Gasteiger partial charge < -0.3 is 71.6 Å². The van der Waals surface area contributed by atoms with E-state index in [1.165, 1.54) is 0 Å². The van der Waals surface area contributed by atoms with Crippen LogP contribution in [0.5, 0.6) is 0 Å². The van der Waals surface area contributed by atoms with Gasteiger partial charge >= 0.3 is 17.1 Å². The van der Waals surface area contributed by atoms with E-state index in [1.807, 2.05) is 0 Å². The van der Waals surface area contributed by atoms with E-state index in [0.717, 1.165) is 60.8 Å². The molecule has 0 saturated carbocycles. The van der Waals surface area contributed by atoms with Crippen molar-refractivity contribution in [3.8, 4) is 0 Å². The molecule has 0 aromatic rings. The Morgan fingerprint density at radius 1 is 0.516 bits per heavy atom. The van der Waals surface area contributed by atoms with Crippen LogP contribution in [-0.4, -0.2) is 69.1 Å². The van der Waals surface area contributed by atoms with Crippen molar-refractivity contribution < 1.29 is 66.6 Å². The summed E-state index contributed by atoms with van der Waals surface area (Å²) >= 11 is 0. The van der Waals surface area contributed by atoms with E-state index >= 15 is 0 Å². The fourth-order valence-electron chi connectivity index (χ4n) is 0.631. The summed E-state index contributed by atoms with van der Waals surface area (Å²) in [4.78, 5) is 44.4. The van der Waals surface area contributed by atoms with E-state index in [9.17, 15) is 0 Å². The van der Waals surface area contributed by atoms with Crippen molar-refractivity contribution in [2.24, 2.45) is 11.5 Å². The number of hydrogen-bond acceptors (Lipinski definition) is 14. The maximum absolute atomic E-state index is 8.89. The van der Waals surface area contributed by atoms with Gasteiger partial charge in [-0.25, -0.2) is 0 Å². The average molecular weight is 497 g/mol. The summed E-state index contributed by atoms with van der Waals surface area (Å²) in [5, 5.41) is 50.8. The monoisotopic (exact) mass is 497 g/mol. The fraction of sp³-hybridized carbons (Fsp3) is 0.688. The van der Waals surface area contributed by atoms with Gasteiger partial charge in [-0.3, -0.25) is 0 Å². The fourth-order valence-corrected chi connectivity index (χ4v) is 0.631. The molecule has 0 aromatic carbocycles. The standard InChI is InChI=1S/C6H18N4.5C2H4O2.Fe/c7-1-3-9-5-6-10-4-2-8;5*1-2(3)4;/h9-10H,1-8H2;5*1H3,(H,3,4);/q;;;;;;+5/p-5. The molecule has 0 aromatic heterocycles. The minimum atomic E-state index is -1.08. The Morgan fingerprint density at radius 2 is 0.645 bits per heavy atom. The molecule has 0 aliphatic rings. The van der Waals surface area contributed by atoms with Crippen LogP contribution < -0.4 is 47.6 Å². The first-order valence-corrected chi connectivity index (χ1v) is 8.27. The Morgan fingerprint density at radius 3 is 0.742 bits per heavy atom. The number of carboxylic acids is 5. The smallest absolute Gasteiger partial charge is 0.550 e. The first-order valence-electron chi connectivity index (χ1n) is 8.27. The van der Waals surface area contributed by atoms with E-state index < -0.39 is 29.8 Å². The van der Waals surface area contributed by atoms with Crippen molar-refractivity contribution in [2.75, 3.05) is 39.3 Å². The molecule has 185 valence electrons. The maximum Gasteiger partial charge on any atom is 5.00 e. The SMILES string of the molecule is CC(=O)[O-].CC(=O)[O-].CC(=O)[O-].CC(=O)[O-].CC(=O)[O-].NCCNCCNCCN.[Fe+5]. The topological polar surface area (TPSA) is 277 Å². The van der Waals surface area contributed by atoms with Crippen LogP contribution in [-0.2, 0) is 41.0 Å². The predicted molar refractivity (Wildman–Crippen MR) is 97.3 cm³/mol. The van der Waals surface area contributed by atoms with Gasteiger partial charge in [0, 0.05) is 69.1 Å². The van der Waals surface area contributed by atoms with Crippen LogP contribution in [0, 0.1) is 0 Å². The number of rotatable bonds is 7. The van der Waals surface area contributed by atoms with E-state index in [-0.39, 0.29) is 17.1 Å². The van der Waals surface area contributed by atoms with Crippen LogP contribution in [0.2, 0.25) is 0 Å². The molecular weight excluding hydrogens is 464 g/mol. The van der Waals surface area contributed by atoms with Gasteiger partial charge in [-0.15, -0.1) is 0 Å². The van der Waals surface area contributed by atoms with Gasteiger partial charge in [0.25, 0.3) is 0 Å². The second-order valence-electron chi connectivity index (χ2n) is 4.54. The molecule has 0 atom stereocenters. The number of hydrogen-bond donors (Lipinski definition) is 4. The zero-order valence-corrected chi connectivity index (χ0v) is 19.4. The third-order valence-electron chi connectivity index (χ3n) is 1.12. The summed E-state index contributed by atoms with van der Waals surface area (Å²) in [5.41, 5.74) is 10.5. The first kappa shape index (κ1) is 46.8. The Balaban J connectivity index is -0.0000000472. The van der Waals surface area contributed by atoms with Gasteiger partial charge in [0.05, 0.1) is 0 Å². The molecule has 0 spiro atoms. The quantitative estimate of drug-likeness (QED) is 0.188. The molecule has 0 aliphatic carbocycles. The van der Waals surface area contributed by atoms with Gasteiger partial charge in [0.1, 0.15) is 0 Å². The molecule has 0 unspecified atom stereocenters. The summed E-state index contributed by atoms with van der Waals surface area (Å²) in [7, 11) is 0. The molecule has 0 saturated heterocycles. The molecule has 1 radical (unpaired) electrons.